The van der Waals surface area contributed by atoms with Crippen LogP contribution in [0.5, 0.6) is 0 Å². The third-order valence-corrected chi connectivity index (χ3v) is 4.92. The van der Waals surface area contributed by atoms with E-state index in [2.05, 4.69) is 14.9 Å². The molecule has 3 rings (SSSR count). The molecule has 24 heavy (non-hydrogen) atoms. The molecule has 132 valence electrons. The molecule has 0 bridgehead atoms. The van der Waals surface area contributed by atoms with Crippen LogP contribution in [0.15, 0.2) is 6.07 Å². The van der Waals surface area contributed by atoms with Crippen LogP contribution in [0.3, 0.4) is 0 Å². The van der Waals surface area contributed by atoms with Crippen molar-refractivity contribution in [2.24, 2.45) is 11.7 Å². The van der Waals surface area contributed by atoms with Crippen molar-refractivity contribution in [3.63, 3.8) is 0 Å². The smallest absolute Gasteiger partial charge is 0.246 e. The van der Waals surface area contributed by atoms with Crippen molar-refractivity contribution in [3.05, 3.63) is 17.6 Å². The van der Waals surface area contributed by atoms with Crippen LogP contribution in [-0.4, -0.2) is 48.3 Å². The topological polar surface area (TPSA) is 90.6 Å². The number of piperidine rings is 1. The molecule has 3 heterocycles. The van der Waals surface area contributed by atoms with Gasteiger partial charge in [-0.3, -0.25) is 4.79 Å². The highest BCUT2D eigenvalue weighted by Crippen LogP contribution is 2.32. The van der Waals surface area contributed by atoms with Gasteiger partial charge in [0.25, 0.3) is 0 Å². The average Bonchev–Trinajstić information content (AvgIpc) is 3.05. The second-order valence-electron chi connectivity index (χ2n) is 6.68. The van der Waals surface area contributed by atoms with Crippen molar-refractivity contribution >= 4 is 11.7 Å². The molecule has 0 unspecified atom stereocenters. The summed E-state index contributed by atoms with van der Waals surface area (Å²) in [6, 6.07) is 2.02. The van der Waals surface area contributed by atoms with Crippen LogP contribution in [0.1, 0.15) is 37.2 Å². The molecule has 2 atom stereocenters. The van der Waals surface area contributed by atoms with E-state index in [0.717, 1.165) is 56.1 Å². The van der Waals surface area contributed by atoms with Gasteiger partial charge in [-0.1, -0.05) is 0 Å². The molecule has 1 amide bonds. The van der Waals surface area contributed by atoms with Gasteiger partial charge in [-0.25, -0.2) is 9.97 Å². The molecule has 0 saturated carbocycles. The number of anilines is 1. The number of hydrogen-bond acceptors (Lipinski definition) is 6. The highest BCUT2D eigenvalue weighted by Gasteiger charge is 2.36. The second kappa shape index (κ2) is 7.44. The van der Waals surface area contributed by atoms with E-state index in [9.17, 15) is 4.79 Å². The first-order chi connectivity index (χ1) is 11.6. The predicted octanol–water partition coefficient (Wildman–Crippen LogP) is 1.18. The molecule has 0 spiro atoms. The first-order valence-electron chi connectivity index (χ1n) is 8.60. The zero-order valence-electron chi connectivity index (χ0n) is 14.4. The van der Waals surface area contributed by atoms with Crippen molar-refractivity contribution < 1.29 is 14.3 Å². The van der Waals surface area contributed by atoms with Crippen LogP contribution < -0.4 is 10.6 Å². The third kappa shape index (κ3) is 3.84. The Kier molecular flexibility index (Phi) is 5.30. The number of carbonyl (C=O) groups is 1. The van der Waals surface area contributed by atoms with Gasteiger partial charge in [-0.2, -0.15) is 0 Å². The van der Waals surface area contributed by atoms with Crippen LogP contribution in [0.4, 0.5) is 5.82 Å². The molecule has 2 aliphatic heterocycles. The number of aryl methyl sites for hydroxylation is 1. The molecule has 1 aromatic rings. The Bertz CT molecular complexity index is 587. The number of carbonyl (C=O) groups excluding carboxylic acids is 1. The Morgan fingerprint density at radius 2 is 2.08 bits per heavy atom. The Labute approximate surface area is 142 Å². The summed E-state index contributed by atoms with van der Waals surface area (Å²) in [5.41, 5.74) is 6.30. The minimum absolute atomic E-state index is 0.167. The van der Waals surface area contributed by atoms with Gasteiger partial charge in [-0.15, -0.1) is 0 Å². The lowest BCUT2D eigenvalue weighted by Crippen LogP contribution is -2.39. The molecule has 2 N–H and O–H groups in total. The van der Waals surface area contributed by atoms with E-state index >= 15 is 0 Å². The first-order valence-corrected chi connectivity index (χ1v) is 8.60. The Hall–Kier alpha value is -1.73. The van der Waals surface area contributed by atoms with E-state index in [1.54, 1.807) is 7.11 Å². The van der Waals surface area contributed by atoms with Crippen LogP contribution in [0.2, 0.25) is 0 Å². The fourth-order valence-electron chi connectivity index (χ4n) is 3.69. The number of primary amides is 1. The monoisotopic (exact) mass is 334 g/mol. The highest BCUT2D eigenvalue weighted by molar-refractivity contribution is 5.79. The van der Waals surface area contributed by atoms with E-state index in [0.29, 0.717) is 12.5 Å². The van der Waals surface area contributed by atoms with Crippen LogP contribution in [-0.2, 0) is 20.9 Å². The minimum atomic E-state index is -0.394. The summed E-state index contributed by atoms with van der Waals surface area (Å²) in [5, 5.41) is 0. The molecule has 2 saturated heterocycles. The number of methoxy groups -OCH3 is 1. The predicted molar refractivity (Wildman–Crippen MR) is 89.5 cm³/mol. The Balaban J connectivity index is 1.58. The summed E-state index contributed by atoms with van der Waals surface area (Å²) in [6.07, 6.45) is 3.54. The molecule has 1 aromatic heterocycles. The second-order valence-corrected chi connectivity index (χ2v) is 6.68. The molecular weight excluding hydrogens is 308 g/mol. The number of aromatic nitrogens is 2. The average molecular weight is 334 g/mol. The first kappa shape index (κ1) is 17.1. The van der Waals surface area contributed by atoms with E-state index in [1.807, 2.05) is 13.0 Å². The molecular formula is C17H26N4O3. The summed E-state index contributed by atoms with van der Waals surface area (Å²) in [7, 11) is 1.65. The quantitative estimate of drug-likeness (QED) is 0.869. The van der Waals surface area contributed by atoms with Gasteiger partial charge >= 0.3 is 0 Å². The molecule has 0 radical (unpaired) electrons. The van der Waals surface area contributed by atoms with E-state index in [4.69, 9.17) is 15.2 Å². The lowest BCUT2D eigenvalue weighted by Gasteiger charge is -2.35. The fourth-order valence-corrected chi connectivity index (χ4v) is 3.69. The zero-order chi connectivity index (χ0) is 17.1. The van der Waals surface area contributed by atoms with Crippen molar-refractivity contribution in [1.82, 2.24) is 9.97 Å². The number of rotatable bonds is 5. The number of nitrogens with two attached hydrogens (primary N) is 1. The van der Waals surface area contributed by atoms with Gasteiger partial charge < -0.3 is 20.1 Å². The maximum Gasteiger partial charge on any atom is 0.246 e. The van der Waals surface area contributed by atoms with Crippen molar-refractivity contribution in [2.45, 2.75) is 51.4 Å². The SMILES string of the molecule is COCc1nc(C)cc(N2CCC([C@@H]3CC[C@H](C(N)=O)O3)CC2)n1. The Morgan fingerprint density at radius 1 is 1.33 bits per heavy atom. The van der Waals surface area contributed by atoms with Gasteiger partial charge in [0, 0.05) is 32.0 Å². The van der Waals surface area contributed by atoms with Crippen LogP contribution in [0, 0.1) is 12.8 Å². The lowest BCUT2D eigenvalue weighted by atomic mass is 9.89. The number of amides is 1. The summed E-state index contributed by atoms with van der Waals surface area (Å²) < 4.78 is 11.0. The van der Waals surface area contributed by atoms with Crippen LogP contribution in [0.25, 0.3) is 0 Å². The molecule has 0 aliphatic carbocycles. The van der Waals surface area contributed by atoms with Crippen molar-refractivity contribution in [1.29, 1.82) is 0 Å². The normalized spacial score (nSPS) is 25.2. The number of hydrogen-bond donors (Lipinski definition) is 1. The number of nitrogens with zero attached hydrogens (tertiary/aromatic N) is 3. The number of ether oxygens (including phenoxy) is 2. The molecule has 2 fully saturated rings. The maximum absolute atomic E-state index is 11.2. The molecule has 7 nitrogen and oxygen atoms in total. The molecule has 7 heteroatoms. The largest absolute Gasteiger partial charge is 0.377 e. The van der Waals surface area contributed by atoms with Gasteiger partial charge in [0.1, 0.15) is 18.5 Å². The molecule has 0 aromatic carbocycles. The third-order valence-electron chi connectivity index (χ3n) is 4.92. The van der Waals surface area contributed by atoms with Crippen molar-refractivity contribution in [3.8, 4) is 0 Å². The van der Waals surface area contributed by atoms with Gasteiger partial charge in [0.05, 0.1) is 6.10 Å². The highest BCUT2D eigenvalue weighted by atomic mass is 16.5. The minimum Gasteiger partial charge on any atom is -0.377 e. The lowest BCUT2D eigenvalue weighted by molar-refractivity contribution is -0.130. The summed E-state index contributed by atoms with van der Waals surface area (Å²) in [4.78, 5) is 22.5. The standard InChI is InChI=1S/C17H26N4O3/c1-11-9-16(20-15(19-11)10-23-2)21-7-5-12(6-8-21)13-3-4-14(24-13)17(18)22/h9,12-14H,3-8,10H2,1-2H3,(H2,18,22)/t13-,14+/m0/s1. The maximum atomic E-state index is 11.2. The fraction of sp³-hybridized carbons (Fsp3) is 0.706. The van der Waals surface area contributed by atoms with E-state index in [-0.39, 0.29) is 12.0 Å². The summed E-state index contributed by atoms with van der Waals surface area (Å²) in [6.45, 7) is 4.28. The Morgan fingerprint density at radius 3 is 2.71 bits per heavy atom. The van der Waals surface area contributed by atoms with Gasteiger partial charge in [0.15, 0.2) is 5.82 Å². The van der Waals surface area contributed by atoms with Gasteiger partial charge in [0.2, 0.25) is 5.91 Å². The van der Waals surface area contributed by atoms with E-state index in [1.165, 1.54) is 0 Å². The van der Waals surface area contributed by atoms with Crippen molar-refractivity contribution in [2.75, 3.05) is 25.1 Å². The van der Waals surface area contributed by atoms with Crippen LogP contribution >= 0.6 is 0 Å². The zero-order valence-corrected chi connectivity index (χ0v) is 14.4. The summed E-state index contributed by atoms with van der Waals surface area (Å²) >= 11 is 0. The van der Waals surface area contributed by atoms with Gasteiger partial charge in [-0.05, 0) is 38.5 Å². The van der Waals surface area contributed by atoms with E-state index < -0.39 is 6.10 Å². The summed E-state index contributed by atoms with van der Waals surface area (Å²) in [5.74, 6) is 1.84. The molecule has 2 aliphatic rings.